The fourth-order valence-corrected chi connectivity index (χ4v) is 3.80. The summed E-state index contributed by atoms with van der Waals surface area (Å²) in [5.41, 5.74) is 6.81. The van der Waals surface area contributed by atoms with E-state index in [0.29, 0.717) is 6.42 Å². The lowest BCUT2D eigenvalue weighted by molar-refractivity contribution is -0.384. The molecule has 1 aliphatic carbocycles. The van der Waals surface area contributed by atoms with Crippen molar-refractivity contribution in [1.82, 2.24) is 0 Å². The molecule has 27 heavy (non-hydrogen) atoms. The van der Waals surface area contributed by atoms with Crippen LogP contribution in [0.25, 0.3) is 0 Å². The number of nitro benzene ring substituents is 1. The average Bonchev–Trinajstić information content (AvgIpc) is 2.80. The van der Waals surface area contributed by atoms with Crippen molar-refractivity contribution in [3.8, 4) is 0 Å². The lowest BCUT2D eigenvalue weighted by Crippen LogP contribution is -2.23. The number of hydrogen-bond donors (Lipinski definition) is 2. The summed E-state index contributed by atoms with van der Waals surface area (Å²) in [6.45, 7) is 4.12. The Balaban J connectivity index is 1.84. The third-order valence-corrected chi connectivity index (χ3v) is 5.40. The molecule has 0 amide bonds. The Morgan fingerprint density at radius 2 is 1.70 bits per heavy atom. The van der Waals surface area contributed by atoms with Crippen molar-refractivity contribution in [3.63, 3.8) is 0 Å². The number of aryl methyl sites for hydroxylation is 2. The van der Waals surface area contributed by atoms with Gasteiger partial charge >= 0.3 is 0 Å². The monoisotopic (exact) mass is 363 g/mol. The van der Waals surface area contributed by atoms with Crippen molar-refractivity contribution in [1.29, 1.82) is 0 Å². The van der Waals surface area contributed by atoms with Crippen molar-refractivity contribution < 1.29 is 9.72 Å². The van der Waals surface area contributed by atoms with Crippen LogP contribution in [0.4, 0.5) is 17.1 Å². The summed E-state index contributed by atoms with van der Waals surface area (Å²) < 4.78 is 0. The molecule has 0 aromatic heterocycles. The van der Waals surface area contributed by atoms with Crippen LogP contribution in [-0.2, 0) is 4.79 Å². The predicted molar refractivity (Wildman–Crippen MR) is 105 cm³/mol. The van der Waals surface area contributed by atoms with Gasteiger partial charge in [0.15, 0.2) is 5.78 Å². The molecule has 4 rings (SSSR count). The quantitative estimate of drug-likeness (QED) is 0.591. The summed E-state index contributed by atoms with van der Waals surface area (Å²) in [5, 5.41) is 18.0. The highest BCUT2D eigenvalue weighted by Gasteiger charge is 2.32. The molecule has 2 N–H and O–H groups in total. The van der Waals surface area contributed by atoms with Gasteiger partial charge in [-0.15, -0.1) is 0 Å². The van der Waals surface area contributed by atoms with Crippen LogP contribution in [0.2, 0.25) is 0 Å². The molecular formula is C21H21N3O3. The number of fused-ring (bicyclic) bond motifs is 1. The summed E-state index contributed by atoms with van der Waals surface area (Å²) in [6, 6.07) is 10.3. The van der Waals surface area contributed by atoms with E-state index >= 15 is 0 Å². The second-order valence-electron chi connectivity index (χ2n) is 7.20. The smallest absolute Gasteiger partial charge is 0.269 e. The number of carbonyl (C=O) groups is 1. The molecule has 1 heterocycles. The molecule has 6 nitrogen and oxygen atoms in total. The number of rotatable bonds is 2. The maximum Gasteiger partial charge on any atom is 0.269 e. The van der Waals surface area contributed by atoms with E-state index in [1.165, 1.54) is 17.7 Å². The molecule has 138 valence electrons. The largest absolute Gasteiger partial charge is 0.372 e. The standard InChI is InChI=1S/C21H21N3O3/c1-12-10-17-18(11-13(12)2)23-21(14-6-8-15(9-7-14)24(26)27)20-16(22-17)4-3-5-19(20)25/h6-11,21-23H,3-5H2,1-2H3/t21-/m0/s1. The van der Waals surface area contributed by atoms with Crippen molar-refractivity contribution in [2.45, 2.75) is 39.2 Å². The number of allylic oxidation sites excluding steroid dienone is 1. The van der Waals surface area contributed by atoms with Gasteiger partial charge in [-0.2, -0.15) is 0 Å². The molecule has 0 unspecified atom stereocenters. The number of anilines is 2. The third kappa shape index (κ3) is 3.07. The van der Waals surface area contributed by atoms with E-state index in [9.17, 15) is 14.9 Å². The molecule has 1 atom stereocenters. The number of hydrogen-bond acceptors (Lipinski definition) is 5. The van der Waals surface area contributed by atoms with Gasteiger partial charge in [0.25, 0.3) is 5.69 Å². The van der Waals surface area contributed by atoms with Gasteiger partial charge in [0, 0.05) is 29.8 Å². The minimum Gasteiger partial charge on any atom is -0.372 e. The molecule has 0 saturated carbocycles. The number of nitro groups is 1. The normalized spacial score (nSPS) is 18.7. The van der Waals surface area contributed by atoms with Crippen LogP contribution in [0.3, 0.4) is 0 Å². The van der Waals surface area contributed by atoms with Crippen LogP contribution in [0.5, 0.6) is 0 Å². The Bertz CT molecular complexity index is 977. The summed E-state index contributed by atoms with van der Waals surface area (Å²) in [6.07, 6.45) is 2.18. The van der Waals surface area contributed by atoms with Gasteiger partial charge in [-0.05, 0) is 67.6 Å². The highest BCUT2D eigenvalue weighted by Crippen LogP contribution is 2.41. The number of ketones is 1. The molecule has 0 fully saturated rings. The van der Waals surface area contributed by atoms with Gasteiger partial charge in [-0.1, -0.05) is 0 Å². The third-order valence-electron chi connectivity index (χ3n) is 5.40. The average molecular weight is 363 g/mol. The molecule has 1 aliphatic heterocycles. The number of Topliss-reactive ketones (excluding diaryl/α,β-unsaturated/α-hetero) is 1. The van der Waals surface area contributed by atoms with Gasteiger partial charge < -0.3 is 10.6 Å². The van der Waals surface area contributed by atoms with E-state index in [4.69, 9.17) is 0 Å². The first-order valence-corrected chi connectivity index (χ1v) is 9.09. The first-order valence-electron chi connectivity index (χ1n) is 9.09. The zero-order valence-corrected chi connectivity index (χ0v) is 15.3. The minimum atomic E-state index is -0.413. The van der Waals surface area contributed by atoms with Crippen molar-refractivity contribution in [2.24, 2.45) is 0 Å². The Morgan fingerprint density at radius 1 is 1.04 bits per heavy atom. The van der Waals surface area contributed by atoms with Crippen molar-refractivity contribution in [3.05, 3.63) is 74.5 Å². The summed E-state index contributed by atoms with van der Waals surface area (Å²) >= 11 is 0. The number of non-ortho nitro benzene ring substituents is 1. The topological polar surface area (TPSA) is 84.3 Å². The molecule has 6 heteroatoms. The van der Waals surface area contributed by atoms with Gasteiger partial charge in [-0.25, -0.2) is 0 Å². The van der Waals surface area contributed by atoms with Crippen molar-refractivity contribution in [2.75, 3.05) is 10.6 Å². The summed E-state index contributed by atoms with van der Waals surface area (Å²) in [4.78, 5) is 23.3. The second kappa shape index (κ2) is 6.54. The van der Waals surface area contributed by atoms with Gasteiger partial charge in [0.1, 0.15) is 0 Å². The first kappa shape index (κ1) is 17.3. The summed E-state index contributed by atoms with van der Waals surface area (Å²) in [7, 11) is 0. The van der Waals surface area contributed by atoms with Crippen molar-refractivity contribution >= 4 is 22.8 Å². The lowest BCUT2D eigenvalue weighted by Gasteiger charge is -2.25. The Hall–Kier alpha value is -3.15. The fourth-order valence-electron chi connectivity index (χ4n) is 3.80. The van der Waals surface area contributed by atoms with Crippen LogP contribution in [-0.4, -0.2) is 10.7 Å². The molecule has 0 saturated heterocycles. The Morgan fingerprint density at radius 3 is 2.37 bits per heavy atom. The van der Waals surface area contributed by atoms with Gasteiger partial charge in [0.05, 0.1) is 22.3 Å². The van der Waals surface area contributed by atoms with Gasteiger partial charge in [0.2, 0.25) is 0 Å². The SMILES string of the molecule is Cc1cc2c(cc1C)N[C@@H](c1ccc([N+](=O)[O-])cc1)C1=C(CCCC1=O)N2. The maximum atomic E-state index is 12.8. The van der Waals surface area contributed by atoms with E-state index in [1.54, 1.807) is 12.1 Å². The van der Waals surface area contributed by atoms with E-state index in [1.807, 2.05) is 0 Å². The predicted octanol–water partition coefficient (Wildman–Crippen LogP) is 4.80. The Kier molecular flexibility index (Phi) is 4.18. The van der Waals surface area contributed by atoms with Crippen LogP contribution in [0.15, 0.2) is 47.7 Å². The molecule has 2 aliphatic rings. The minimum absolute atomic E-state index is 0.0431. The number of nitrogens with one attached hydrogen (secondary N) is 2. The molecule has 0 radical (unpaired) electrons. The van der Waals surface area contributed by atoms with Crippen LogP contribution >= 0.6 is 0 Å². The first-order chi connectivity index (χ1) is 12.9. The lowest BCUT2D eigenvalue weighted by atomic mass is 9.86. The highest BCUT2D eigenvalue weighted by molar-refractivity contribution is 6.00. The van der Waals surface area contributed by atoms with E-state index in [-0.39, 0.29) is 17.5 Å². The molecule has 0 spiro atoms. The number of carbonyl (C=O) groups excluding carboxylic acids is 1. The maximum absolute atomic E-state index is 12.8. The molecule has 0 bridgehead atoms. The zero-order valence-electron chi connectivity index (χ0n) is 15.3. The Labute approximate surface area is 157 Å². The van der Waals surface area contributed by atoms with Crippen LogP contribution in [0.1, 0.15) is 42.0 Å². The van der Waals surface area contributed by atoms with Gasteiger partial charge in [-0.3, -0.25) is 14.9 Å². The second-order valence-corrected chi connectivity index (χ2v) is 7.20. The summed E-state index contributed by atoms with van der Waals surface area (Å²) in [5.74, 6) is 0.126. The zero-order chi connectivity index (χ0) is 19.1. The number of nitrogens with zero attached hydrogens (tertiary/aromatic N) is 1. The van der Waals surface area contributed by atoms with Crippen LogP contribution < -0.4 is 10.6 Å². The number of benzene rings is 2. The van der Waals surface area contributed by atoms with E-state index < -0.39 is 4.92 Å². The molecular weight excluding hydrogens is 342 g/mol. The van der Waals surface area contributed by atoms with E-state index in [2.05, 4.69) is 36.6 Å². The van der Waals surface area contributed by atoms with Crippen LogP contribution in [0, 0.1) is 24.0 Å². The molecule has 2 aromatic rings. The van der Waals surface area contributed by atoms with E-state index in [0.717, 1.165) is 46.6 Å². The highest BCUT2D eigenvalue weighted by atomic mass is 16.6. The fraction of sp³-hybridized carbons (Fsp3) is 0.286. The molecule has 2 aromatic carbocycles.